The smallest absolute Gasteiger partial charge is 0.324 e. The van der Waals surface area contributed by atoms with Crippen molar-refractivity contribution in [3.63, 3.8) is 0 Å². The zero-order chi connectivity index (χ0) is 13.8. The van der Waals surface area contributed by atoms with E-state index in [1.807, 2.05) is 0 Å². The Bertz CT molecular complexity index is 283. The monoisotopic (exact) mass is 256 g/mol. The zero-order valence-electron chi connectivity index (χ0n) is 12.2. The molecule has 3 atom stereocenters. The Morgan fingerprint density at radius 3 is 2.72 bits per heavy atom. The Labute approximate surface area is 111 Å². The van der Waals surface area contributed by atoms with E-state index in [9.17, 15) is 9.90 Å². The first-order chi connectivity index (χ1) is 8.40. The molecule has 0 spiro atoms. The molecule has 106 valence electrons. The van der Waals surface area contributed by atoms with Gasteiger partial charge in [0.05, 0.1) is 0 Å². The molecule has 1 aliphatic heterocycles. The van der Waals surface area contributed by atoms with Gasteiger partial charge in [-0.05, 0) is 52.1 Å². The van der Waals surface area contributed by atoms with Crippen LogP contribution in [-0.4, -0.2) is 47.2 Å². The van der Waals surface area contributed by atoms with Gasteiger partial charge in [0.15, 0.2) is 0 Å². The predicted octanol–water partition coefficient (Wildman–Crippen LogP) is 1.95. The van der Waals surface area contributed by atoms with Crippen LogP contribution in [0.25, 0.3) is 0 Å². The van der Waals surface area contributed by atoms with Crippen LogP contribution in [0, 0.1) is 5.92 Å². The summed E-state index contributed by atoms with van der Waals surface area (Å²) >= 11 is 0. The highest BCUT2D eigenvalue weighted by Crippen LogP contribution is 2.24. The second kappa shape index (κ2) is 6.53. The summed E-state index contributed by atoms with van der Waals surface area (Å²) in [5, 5.41) is 12.6. The fourth-order valence-electron chi connectivity index (χ4n) is 2.65. The number of carboxylic acid groups (broad SMARTS) is 1. The van der Waals surface area contributed by atoms with Crippen molar-refractivity contribution in [3.05, 3.63) is 0 Å². The number of hydrogen-bond acceptors (Lipinski definition) is 3. The molecule has 1 rings (SSSR count). The van der Waals surface area contributed by atoms with Crippen molar-refractivity contribution in [1.82, 2.24) is 10.2 Å². The van der Waals surface area contributed by atoms with Crippen LogP contribution in [0.4, 0.5) is 0 Å². The van der Waals surface area contributed by atoms with Gasteiger partial charge in [-0.3, -0.25) is 9.69 Å². The van der Waals surface area contributed by atoms with Crippen molar-refractivity contribution < 1.29 is 9.90 Å². The van der Waals surface area contributed by atoms with E-state index in [1.54, 1.807) is 6.92 Å². The minimum atomic E-state index is -0.832. The molecule has 4 heteroatoms. The van der Waals surface area contributed by atoms with Crippen molar-refractivity contribution in [1.29, 1.82) is 0 Å². The molecule has 2 N–H and O–H groups in total. The maximum atomic E-state index is 11.5. The van der Waals surface area contributed by atoms with Crippen LogP contribution >= 0.6 is 0 Å². The fraction of sp³-hybridized carbons (Fsp3) is 0.929. The Balaban J connectivity index is 2.67. The molecule has 18 heavy (non-hydrogen) atoms. The molecule has 1 saturated heterocycles. The molecule has 0 aliphatic carbocycles. The third kappa shape index (κ3) is 3.69. The van der Waals surface area contributed by atoms with Crippen molar-refractivity contribution in [2.75, 3.05) is 19.6 Å². The molecule has 1 fully saturated rings. The standard InChI is InChI=1S/C14H28N2O2/c1-5-8-15-14(4,13(17)18)10-16-9-6-7-11(2)12(16)3/h11-12,15H,5-10H2,1-4H3,(H,17,18). The molecule has 0 bridgehead atoms. The maximum absolute atomic E-state index is 11.5. The molecule has 0 aromatic carbocycles. The Hall–Kier alpha value is -0.610. The molecule has 1 aliphatic rings. The first-order valence-corrected chi connectivity index (χ1v) is 7.13. The molecular formula is C14H28N2O2. The Kier molecular flexibility index (Phi) is 5.60. The van der Waals surface area contributed by atoms with Gasteiger partial charge in [-0.25, -0.2) is 0 Å². The van der Waals surface area contributed by atoms with Gasteiger partial charge in [0.1, 0.15) is 5.54 Å². The molecule has 3 unspecified atom stereocenters. The predicted molar refractivity (Wildman–Crippen MR) is 73.8 cm³/mol. The average molecular weight is 256 g/mol. The number of nitrogens with zero attached hydrogens (tertiary/aromatic N) is 1. The third-order valence-electron chi connectivity index (χ3n) is 4.26. The maximum Gasteiger partial charge on any atom is 0.324 e. The van der Waals surface area contributed by atoms with Crippen molar-refractivity contribution in [3.8, 4) is 0 Å². The molecule has 0 radical (unpaired) electrons. The van der Waals surface area contributed by atoms with E-state index in [-0.39, 0.29) is 0 Å². The molecule has 0 aromatic rings. The van der Waals surface area contributed by atoms with Crippen LogP contribution in [0.1, 0.15) is 47.0 Å². The summed E-state index contributed by atoms with van der Waals surface area (Å²) in [6.07, 6.45) is 3.38. The number of piperidine rings is 1. The highest BCUT2D eigenvalue weighted by Gasteiger charge is 2.37. The second-order valence-corrected chi connectivity index (χ2v) is 5.89. The lowest BCUT2D eigenvalue weighted by Crippen LogP contribution is -2.59. The number of likely N-dealkylation sites (tertiary alicyclic amines) is 1. The average Bonchev–Trinajstić information content (AvgIpc) is 2.32. The van der Waals surface area contributed by atoms with Gasteiger partial charge in [0.25, 0.3) is 0 Å². The number of rotatable bonds is 6. The molecule has 0 saturated carbocycles. The SMILES string of the molecule is CCCNC(C)(CN1CCCC(C)C1C)C(=O)O. The second-order valence-electron chi connectivity index (χ2n) is 5.89. The lowest BCUT2D eigenvalue weighted by atomic mass is 9.90. The summed E-state index contributed by atoms with van der Waals surface area (Å²) in [7, 11) is 0. The van der Waals surface area contributed by atoms with E-state index < -0.39 is 11.5 Å². The summed E-state index contributed by atoms with van der Waals surface area (Å²) in [5.74, 6) is -0.0932. The minimum Gasteiger partial charge on any atom is -0.480 e. The molecule has 4 nitrogen and oxygen atoms in total. The van der Waals surface area contributed by atoms with Gasteiger partial charge in [0, 0.05) is 12.6 Å². The minimum absolute atomic E-state index is 0.473. The molecular weight excluding hydrogens is 228 g/mol. The van der Waals surface area contributed by atoms with E-state index >= 15 is 0 Å². The fourth-order valence-corrected chi connectivity index (χ4v) is 2.65. The van der Waals surface area contributed by atoms with Crippen LogP contribution in [-0.2, 0) is 4.79 Å². The largest absolute Gasteiger partial charge is 0.480 e. The summed E-state index contributed by atoms with van der Waals surface area (Å²) in [6, 6.07) is 0.473. The number of carboxylic acids is 1. The van der Waals surface area contributed by atoms with Crippen molar-refractivity contribution in [2.24, 2.45) is 5.92 Å². The molecule has 1 heterocycles. The van der Waals surface area contributed by atoms with Crippen molar-refractivity contribution in [2.45, 2.75) is 58.5 Å². The van der Waals surface area contributed by atoms with E-state index in [2.05, 4.69) is 31.0 Å². The summed E-state index contributed by atoms with van der Waals surface area (Å²) in [6.45, 7) is 10.7. The van der Waals surface area contributed by atoms with E-state index in [4.69, 9.17) is 0 Å². The van der Waals surface area contributed by atoms with Gasteiger partial charge in [-0.15, -0.1) is 0 Å². The summed E-state index contributed by atoms with van der Waals surface area (Å²) in [4.78, 5) is 13.8. The van der Waals surface area contributed by atoms with Crippen LogP contribution in [0.15, 0.2) is 0 Å². The first-order valence-electron chi connectivity index (χ1n) is 7.13. The molecule has 0 amide bonds. The Morgan fingerprint density at radius 1 is 1.50 bits per heavy atom. The van der Waals surface area contributed by atoms with Crippen molar-refractivity contribution >= 4 is 5.97 Å². The summed E-state index contributed by atoms with van der Waals surface area (Å²) < 4.78 is 0. The van der Waals surface area contributed by atoms with E-state index in [0.717, 1.165) is 19.5 Å². The number of hydrogen-bond donors (Lipinski definition) is 2. The topological polar surface area (TPSA) is 52.6 Å². The molecule has 0 aromatic heterocycles. The highest BCUT2D eigenvalue weighted by atomic mass is 16.4. The number of aliphatic carboxylic acids is 1. The normalized spacial score (nSPS) is 28.9. The summed E-state index contributed by atoms with van der Waals surface area (Å²) in [5.41, 5.74) is -0.832. The van der Waals surface area contributed by atoms with Gasteiger partial charge in [-0.1, -0.05) is 13.8 Å². The van der Waals surface area contributed by atoms with E-state index in [1.165, 1.54) is 12.8 Å². The van der Waals surface area contributed by atoms with Crippen LogP contribution in [0.2, 0.25) is 0 Å². The highest BCUT2D eigenvalue weighted by molar-refractivity contribution is 5.78. The van der Waals surface area contributed by atoms with Gasteiger partial charge >= 0.3 is 5.97 Å². The quantitative estimate of drug-likeness (QED) is 0.762. The van der Waals surface area contributed by atoms with Crippen LogP contribution in [0.5, 0.6) is 0 Å². The van der Waals surface area contributed by atoms with Gasteiger partial charge in [0.2, 0.25) is 0 Å². The first kappa shape index (κ1) is 15.4. The third-order valence-corrected chi connectivity index (χ3v) is 4.26. The van der Waals surface area contributed by atoms with E-state index in [0.29, 0.717) is 18.5 Å². The lowest BCUT2D eigenvalue weighted by molar-refractivity contribution is -0.145. The van der Waals surface area contributed by atoms with Crippen LogP contribution in [0.3, 0.4) is 0 Å². The number of nitrogens with one attached hydrogen (secondary N) is 1. The Morgan fingerprint density at radius 2 is 2.17 bits per heavy atom. The van der Waals surface area contributed by atoms with Gasteiger partial charge in [-0.2, -0.15) is 0 Å². The van der Waals surface area contributed by atoms with Crippen LogP contribution < -0.4 is 5.32 Å². The zero-order valence-corrected chi connectivity index (χ0v) is 12.2. The van der Waals surface area contributed by atoms with Gasteiger partial charge < -0.3 is 10.4 Å². The number of carbonyl (C=O) groups is 1. The lowest BCUT2D eigenvalue weighted by Gasteiger charge is -2.42.